The average molecular weight is 239 g/mol. The van der Waals surface area contributed by atoms with Crippen LogP contribution in [0.5, 0.6) is 0 Å². The van der Waals surface area contributed by atoms with Crippen LogP contribution in [0.25, 0.3) is 11.0 Å². The van der Waals surface area contributed by atoms with Gasteiger partial charge < -0.3 is 5.32 Å². The molecule has 0 unspecified atom stereocenters. The summed E-state index contributed by atoms with van der Waals surface area (Å²) in [5, 5.41) is 11.0. The second-order valence-corrected chi connectivity index (χ2v) is 4.23. The van der Waals surface area contributed by atoms with E-state index in [0.717, 1.165) is 22.5 Å². The molecule has 3 rings (SSSR count). The molecule has 1 aromatic carbocycles. The second-order valence-electron chi connectivity index (χ2n) is 4.23. The summed E-state index contributed by atoms with van der Waals surface area (Å²) in [4.78, 5) is 8.38. The highest BCUT2D eigenvalue weighted by atomic mass is 15.2. The largest absolute Gasteiger partial charge is 0.339 e. The van der Waals surface area contributed by atoms with Gasteiger partial charge in [0.25, 0.3) is 0 Å². The van der Waals surface area contributed by atoms with Crippen LogP contribution in [0.1, 0.15) is 11.1 Å². The molecule has 0 saturated heterocycles. The van der Waals surface area contributed by atoms with E-state index in [1.54, 1.807) is 6.20 Å². The Morgan fingerprint density at radius 3 is 2.94 bits per heavy atom. The Balaban J connectivity index is 2.06. The quantitative estimate of drug-likeness (QED) is 0.721. The summed E-state index contributed by atoms with van der Waals surface area (Å²) in [6.45, 7) is 4.18. The average Bonchev–Trinajstić information content (AvgIpc) is 2.84. The summed E-state index contributed by atoms with van der Waals surface area (Å²) in [6, 6.07) is 6.16. The van der Waals surface area contributed by atoms with Crippen molar-refractivity contribution in [1.82, 2.24) is 20.2 Å². The Labute approximate surface area is 104 Å². The van der Waals surface area contributed by atoms with Gasteiger partial charge in [0, 0.05) is 5.69 Å². The lowest BCUT2D eigenvalue weighted by molar-refractivity contribution is 1.09. The molecule has 90 valence electrons. The molecule has 18 heavy (non-hydrogen) atoms. The van der Waals surface area contributed by atoms with Gasteiger partial charge >= 0.3 is 0 Å². The number of aromatic nitrogens is 4. The first kappa shape index (κ1) is 10.7. The van der Waals surface area contributed by atoms with Crippen LogP contribution in [-0.2, 0) is 0 Å². The molecule has 2 N–H and O–H groups in total. The SMILES string of the molecule is Cc1cccc(Nc2ncnc3[nH]ncc23)c1C. The molecular weight excluding hydrogens is 226 g/mol. The molecule has 0 aliphatic heterocycles. The van der Waals surface area contributed by atoms with Crippen LogP contribution in [-0.4, -0.2) is 20.2 Å². The molecule has 0 saturated carbocycles. The third-order valence-electron chi connectivity index (χ3n) is 3.11. The number of anilines is 2. The van der Waals surface area contributed by atoms with Gasteiger partial charge in [0.2, 0.25) is 0 Å². The summed E-state index contributed by atoms with van der Waals surface area (Å²) in [5.41, 5.74) is 4.25. The fourth-order valence-electron chi connectivity index (χ4n) is 1.88. The fraction of sp³-hybridized carbons (Fsp3) is 0.154. The van der Waals surface area contributed by atoms with E-state index in [9.17, 15) is 0 Å². The normalized spacial score (nSPS) is 10.8. The highest BCUT2D eigenvalue weighted by molar-refractivity contribution is 5.88. The Morgan fingerprint density at radius 1 is 1.17 bits per heavy atom. The summed E-state index contributed by atoms with van der Waals surface area (Å²) in [7, 11) is 0. The molecule has 2 aromatic heterocycles. The van der Waals surface area contributed by atoms with Gasteiger partial charge in [-0.15, -0.1) is 0 Å². The van der Waals surface area contributed by atoms with Crippen molar-refractivity contribution in [3.05, 3.63) is 41.9 Å². The lowest BCUT2D eigenvalue weighted by Crippen LogP contribution is -1.98. The number of H-pyrrole nitrogens is 1. The molecule has 0 spiro atoms. The predicted octanol–water partition coefficient (Wildman–Crippen LogP) is 2.71. The van der Waals surface area contributed by atoms with Crippen LogP contribution < -0.4 is 5.32 Å². The van der Waals surface area contributed by atoms with E-state index >= 15 is 0 Å². The van der Waals surface area contributed by atoms with Gasteiger partial charge in [0.15, 0.2) is 5.65 Å². The van der Waals surface area contributed by atoms with Crippen LogP contribution in [0.15, 0.2) is 30.7 Å². The van der Waals surface area contributed by atoms with Gasteiger partial charge in [-0.25, -0.2) is 9.97 Å². The van der Waals surface area contributed by atoms with Crippen LogP contribution in [0.4, 0.5) is 11.5 Å². The minimum Gasteiger partial charge on any atom is -0.339 e. The van der Waals surface area contributed by atoms with Crippen LogP contribution in [0, 0.1) is 13.8 Å². The number of nitrogens with zero attached hydrogens (tertiary/aromatic N) is 3. The zero-order valence-corrected chi connectivity index (χ0v) is 10.2. The van der Waals surface area contributed by atoms with Crippen LogP contribution in [0.2, 0.25) is 0 Å². The first-order chi connectivity index (χ1) is 8.75. The lowest BCUT2D eigenvalue weighted by atomic mass is 10.1. The molecule has 5 nitrogen and oxygen atoms in total. The Morgan fingerprint density at radius 2 is 2.06 bits per heavy atom. The van der Waals surface area contributed by atoms with E-state index in [-0.39, 0.29) is 0 Å². The molecule has 0 amide bonds. The first-order valence-electron chi connectivity index (χ1n) is 5.73. The number of fused-ring (bicyclic) bond motifs is 1. The van der Waals surface area contributed by atoms with Crippen LogP contribution >= 0.6 is 0 Å². The Kier molecular flexibility index (Phi) is 2.44. The number of benzene rings is 1. The zero-order chi connectivity index (χ0) is 12.5. The van der Waals surface area contributed by atoms with E-state index in [1.807, 2.05) is 12.1 Å². The molecule has 0 radical (unpaired) electrons. The molecule has 2 heterocycles. The van der Waals surface area contributed by atoms with Gasteiger partial charge in [-0.3, -0.25) is 5.10 Å². The smallest absolute Gasteiger partial charge is 0.160 e. The number of aromatic amines is 1. The molecular formula is C13H13N5. The van der Waals surface area contributed by atoms with Crippen LogP contribution in [0.3, 0.4) is 0 Å². The maximum absolute atomic E-state index is 4.26. The van der Waals surface area contributed by atoms with Crippen molar-refractivity contribution in [2.45, 2.75) is 13.8 Å². The number of hydrogen-bond acceptors (Lipinski definition) is 4. The summed E-state index contributed by atoms with van der Waals surface area (Å²) in [5.74, 6) is 0.766. The van der Waals surface area contributed by atoms with Gasteiger partial charge in [-0.2, -0.15) is 5.10 Å². The van der Waals surface area contributed by atoms with E-state index in [1.165, 1.54) is 17.5 Å². The number of hydrogen-bond donors (Lipinski definition) is 2. The lowest BCUT2D eigenvalue weighted by Gasteiger charge is -2.10. The van der Waals surface area contributed by atoms with Crippen molar-refractivity contribution < 1.29 is 0 Å². The molecule has 0 fully saturated rings. The molecule has 0 bridgehead atoms. The number of rotatable bonds is 2. The van der Waals surface area contributed by atoms with Crippen molar-refractivity contribution in [2.24, 2.45) is 0 Å². The molecule has 3 aromatic rings. The van der Waals surface area contributed by atoms with E-state index < -0.39 is 0 Å². The van der Waals surface area contributed by atoms with Crippen molar-refractivity contribution >= 4 is 22.5 Å². The van der Waals surface area contributed by atoms with Gasteiger partial charge in [0.1, 0.15) is 12.1 Å². The van der Waals surface area contributed by atoms with Crippen molar-refractivity contribution in [1.29, 1.82) is 0 Å². The molecule has 0 aliphatic carbocycles. The highest BCUT2D eigenvalue weighted by Crippen LogP contribution is 2.25. The van der Waals surface area contributed by atoms with E-state index in [4.69, 9.17) is 0 Å². The third kappa shape index (κ3) is 1.69. The highest BCUT2D eigenvalue weighted by Gasteiger charge is 2.07. The monoisotopic (exact) mass is 239 g/mol. The van der Waals surface area contributed by atoms with E-state index in [0.29, 0.717) is 0 Å². The molecule has 5 heteroatoms. The topological polar surface area (TPSA) is 66.5 Å². The first-order valence-corrected chi connectivity index (χ1v) is 5.73. The Bertz CT molecular complexity index is 701. The minimum absolute atomic E-state index is 0.734. The molecule has 0 aliphatic rings. The second kappa shape index (κ2) is 4.10. The molecule has 0 atom stereocenters. The van der Waals surface area contributed by atoms with E-state index in [2.05, 4.69) is 45.4 Å². The maximum Gasteiger partial charge on any atom is 0.160 e. The summed E-state index contributed by atoms with van der Waals surface area (Å²) < 4.78 is 0. The number of aryl methyl sites for hydroxylation is 1. The fourth-order valence-corrected chi connectivity index (χ4v) is 1.88. The van der Waals surface area contributed by atoms with Gasteiger partial charge in [0.05, 0.1) is 11.6 Å². The zero-order valence-electron chi connectivity index (χ0n) is 10.2. The number of nitrogens with one attached hydrogen (secondary N) is 2. The van der Waals surface area contributed by atoms with Crippen molar-refractivity contribution in [2.75, 3.05) is 5.32 Å². The van der Waals surface area contributed by atoms with Crippen molar-refractivity contribution in [3.8, 4) is 0 Å². The third-order valence-corrected chi connectivity index (χ3v) is 3.11. The standard InChI is InChI=1S/C13H13N5/c1-8-4-3-5-11(9(8)2)17-12-10-6-16-18-13(10)15-7-14-12/h3-7H,1-2H3,(H2,14,15,16,17,18). The Hall–Kier alpha value is -2.43. The van der Waals surface area contributed by atoms with Gasteiger partial charge in [-0.05, 0) is 31.0 Å². The minimum atomic E-state index is 0.734. The summed E-state index contributed by atoms with van der Waals surface area (Å²) >= 11 is 0. The summed E-state index contributed by atoms with van der Waals surface area (Å²) in [6.07, 6.45) is 3.25. The predicted molar refractivity (Wildman–Crippen MR) is 70.9 cm³/mol. The maximum atomic E-state index is 4.26. The van der Waals surface area contributed by atoms with Crippen molar-refractivity contribution in [3.63, 3.8) is 0 Å². The van der Waals surface area contributed by atoms with Gasteiger partial charge in [-0.1, -0.05) is 12.1 Å².